The minimum atomic E-state index is -0.508. The standard InChI is InChI=1S/C12H10ClN3O2/c1-7-14-6-10(11(17)15-7)12(18)16-9-4-2-8(13)3-5-9/h2-6H,1H3,(H,16,18)(H,14,15,17). The van der Waals surface area contributed by atoms with Crippen molar-refractivity contribution in [2.45, 2.75) is 6.92 Å². The number of aryl methyl sites for hydroxylation is 1. The average molecular weight is 264 g/mol. The smallest absolute Gasteiger partial charge is 0.263 e. The van der Waals surface area contributed by atoms with Gasteiger partial charge in [0.15, 0.2) is 0 Å². The van der Waals surface area contributed by atoms with E-state index in [1.807, 2.05) is 0 Å². The lowest BCUT2D eigenvalue weighted by atomic mass is 10.2. The van der Waals surface area contributed by atoms with Crippen LogP contribution in [-0.4, -0.2) is 15.9 Å². The first-order valence-corrected chi connectivity index (χ1v) is 5.57. The van der Waals surface area contributed by atoms with Gasteiger partial charge >= 0.3 is 0 Å². The van der Waals surface area contributed by atoms with E-state index >= 15 is 0 Å². The summed E-state index contributed by atoms with van der Waals surface area (Å²) in [4.78, 5) is 29.7. The zero-order valence-electron chi connectivity index (χ0n) is 9.53. The second-order valence-corrected chi connectivity index (χ2v) is 4.11. The van der Waals surface area contributed by atoms with Crippen molar-refractivity contribution in [3.8, 4) is 0 Å². The summed E-state index contributed by atoms with van der Waals surface area (Å²) in [5.74, 6) is -0.0471. The SMILES string of the molecule is Cc1ncc(C(=O)Nc2ccc(Cl)cc2)c(=O)[nH]1. The average Bonchev–Trinajstić information content (AvgIpc) is 2.32. The van der Waals surface area contributed by atoms with Gasteiger partial charge in [0, 0.05) is 16.9 Å². The van der Waals surface area contributed by atoms with Gasteiger partial charge in [-0.2, -0.15) is 0 Å². The van der Waals surface area contributed by atoms with Crippen molar-refractivity contribution in [3.05, 3.63) is 57.2 Å². The van der Waals surface area contributed by atoms with Crippen molar-refractivity contribution in [2.75, 3.05) is 5.32 Å². The maximum atomic E-state index is 11.8. The molecule has 2 rings (SSSR count). The molecule has 6 heteroatoms. The van der Waals surface area contributed by atoms with E-state index in [-0.39, 0.29) is 5.56 Å². The van der Waals surface area contributed by atoms with E-state index in [1.165, 1.54) is 6.20 Å². The van der Waals surface area contributed by atoms with Gasteiger partial charge in [-0.25, -0.2) is 4.98 Å². The van der Waals surface area contributed by atoms with E-state index < -0.39 is 11.5 Å². The van der Waals surface area contributed by atoms with Gasteiger partial charge < -0.3 is 10.3 Å². The molecule has 0 saturated heterocycles. The molecule has 0 aliphatic rings. The highest BCUT2D eigenvalue weighted by Crippen LogP contribution is 2.13. The van der Waals surface area contributed by atoms with E-state index in [2.05, 4.69) is 15.3 Å². The number of anilines is 1. The third-order valence-corrected chi connectivity index (χ3v) is 2.53. The minimum absolute atomic E-state index is 0.0319. The van der Waals surface area contributed by atoms with E-state index in [0.29, 0.717) is 16.5 Å². The van der Waals surface area contributed by atoms with E-state index in [4.69, 9.17) is 11.6 Å². The second kappa shape index (κ2) is 5.01. The number of hydrogen-bond acceptors (Lipinski definition) is 3. The summed E-state index contributed by atoms with van der Waals surface area (Å²) < 4.78 is 0. The number of H-pyrrole nitrogens is 1. The van der Waals surface area contributed by atoms with E-state index in [1.54, 1.807) is 31.2 Å². The number of carbonyl (C=O) groups is 1. The molecule has 92 valence electrons. The van der Waals surface area contributed by atoms with Crippen molar-refractivity contribution in [1.29, 1.82) is 0 Å². The highest BCUT2D eigenvalue weighted by Gasteiger charge is 2.11. The fourth-order valence-corrected chi connectivity index (χ4v) is 1.50. The molecule has 0 aliphatic heterocycles. The number of aromatic amines is 1. The van der Waals surface area contributed by atoms with Crippen LogP contribution in [0.1, 0.15) is 16.2 Å². The van der Waals surface area contributed by atoms with Crippen molar-refractivity contribution >= 4 is 23.2 Å². The predicted octanol–water partition coefficient (Wildman–Crippen LogP) is 1.98. The molecule has 1 amide bonds. The molecule has 5 nitrogen and oxygen atoms in total. The van der Waals surface area contributed by atoms with E-state index in [0.717, 1.165) is 0 Å². The van der Waals surface area contributed by atoms with Crippen LogP contribution in [0.15, 0.2) is 35.3 Å². The maximum absolute atomic E-state index is 11.8. The topological polar surface area (TPSA) is 74.8 Å². The Morgan fingerprint density at radius 1 is 1.33 bits per heavy atom. The third-order valence-electron chi connectivity index (χ3n) is 2.27. The summed E-state index contributed by atoms with van der Waals surface area (Å²) >= 11 is 5.73. The number of nitrogens with one attached hydrogen (secondary N) is 2. The Kier molecular flexibility index (Phi) is 3.43. The van der Waals surface area contributed by atoms with Crippen molar-refractivity contribution in [2.24, 2.45) is 0 Å². The largest absolute Gasteiger partial charge is 0.322 e. The van der Waals surface area contributed by atoms with Gasteiger partial charge in [0.1, 0.15) is 11.4 Å². The summed E-state index contributed by atoms with van der Waals surface area (Å²) in [5.41, 5.74) is 0.0638. The number of amides is 1. The summed E-state index contributed by atoms with van der Waals surface area (Å²) in [6.45, 7) is 1.64. The molecular formula is C12H10ClN3O2. The van der Waals surface area contributed by atoms with Gasteiger partial charge in [0.25, 0.3) is 11.5 Å². The van der Waals surface area contributed by atoms with Crippen molar-refractivity contribution in [1.82, 2.24) is 9.97 Å². The van der Waals surface area contributed by atoms with Crippen molar-refractivity contribution in [3.63, 3.8) is 0 Å². The normalized spacial score (nSPS) is 10.1. The van der Waals surface area contributed by atoms with Gasteiger partial charge in [0.05, 0.1) is 0 Å². The van der Waals surface area contributed by atoms with Gasteiger partial charge in [-0.05, 0) is 31.2 Å². The van der Waals surface area contributed by atoms with Crippen LogP contribution in [0.2, 0.25) is 5.02 Å². The lowest BCUT2D eigenvalue weighted by molar-refractivity contribution is 0.102. The van der Waals surface area contributed by atoms with Crippen LogP contribution in [0.3, 0.4) is 0 Å². The van der Waals surface area contributed by atoms with Gasteiger partial charge in [-0.15, -0.1) is 0 Å². The molecule has 0 radical (unpaired) electrons. The highest BCUT2D eigenvalue weighted by molar-refractivity contribution is 6.30. The molecule has 18 heavy (non-hydrogen) atoms. The first-order chi connectivity index (χ1) is 8.56. The number of carbonyl (C=O) groups excluding carboxylic acids is 1. The first kappa shape index (κ1) is 12.3. The summed E-state index contributed by atoms with van der Waals surface area (Å²) in [6.07, 6.45) is 1.25. The summed E-state index contributed by atoms with van der Waals surface area (Å²) in [6, 6.07) is 6.59. The molecule has 0 bridgehead atoms. The van der Waals surface area contributed by atoms with Crippen LogP contribution < -0.4 is 10.9 Å². The Morgan fingerprint density at radius 3 is 2.61 bits per heavy atom. The molecule has 0 atom stereocenters. The lowest BCUT2D eigenvalue weighted by Crippen LogP contribution is -2.24. The zero-order chi connectivity index (χ0) is 13.1. The van der Waals surface area contributed by atoms with Crippen molar-refractivity contribution < 1.29 is 4.79 Å². The molecule has 0 spiro atoms. The van der Waals surface area contributed by atoms with Crippen LogP contribution in [0.5, 0.6) is 0 Å². The Balaban J connectivity index is 2.22. The molecular weight excluding hydrogens is 254 g/mol. The van der Waals surface area contributed by atoms with Crippen LogP contribution in [0.4, 0.5) is 5.69 Å². The molecule has 0 saturated carbocycles. The van der Waals surface area contributed by atoms with E-state index in [9.17, 15) is 9.59 Å². The fourth-order valence-electron chi connectivity index (χ4n) is 1.38. The van der Waals surface area contributed by atoms with Gasteiger partial charge in [-0.3, -0.25) is 9.59 Å². The molecule has 2 aromatic rings. The van der Waals surface area contributed by atoms with Crippen LogP contribution in [-0.2, 0) is 0 Å². The monoisotopic (exact) mass is 263 g/mol. The number of rotatable bonds is 2. The molecule has 1 heterocycles. The minimum Gasteiger partial charge on any atom is -0.322 e. The molecule has 0 aliphatic carbocycles. The Morgan fingerprint density at radius 2 is 2.00 bits per heavy atom. The molecule has 1 aromatic heterocycles. The summed E-state index contributed by atoms with van der Waals surface area (Å²) in [7, 11) is 0. The molecule has 2 N–H and O–H groups in total. The summed E-state index contributed by atoms with van der Waals surface area (Å²) in [5, 5.41) is 3.16. The lowest BCUT2D eigenvalue weighted by Gasteiger charge is -2.04. The van der Waals surface area contributed by atoms with Gasteiger partial charge in [0.2, 0.25) is 0 Å². The van der Waals surface area contributed by atoms with Crippen LogP contribution in [0.25, 0.3) is 0 Å². The highest BCUT2D eigenvalue weighted by atomic mass is 35.5. The third kappa shape index (κ3) is 2.75. The first-order valence-electron chi connectivity index (χ1n) is 5.19. The van der Waals surface area contributed by atoms with Crippen LogP contribution >= 0.6 is 11.6 Å². The predicted molar refractivity (Wildman–Crippen MR) is 69.0 cm³/mol. The number of benzene rings is 1. The Hall–Kier alpha value is -2.14. The molecule has 0 fully saturated rings. The fraction of sp³-hybridized carbons (Fsp3) is 0.0833. The zero-order valence-corrected chi connectivity index (χ0v) is 10.3. The number of aromatic nitrogens is 2. The number of halogens is 1. The quantitative estimate of drug-likeness (QED) is 0.870. The molecule has 0 unspecified atom stereocenters. The second-order valence-electron chi connectivity index (χ2n) is 3.67. The number of hydrogen-bond donors (Lipinski definition) is 2. The van der Waals surface area contributed by atoms with Gasteiger partial charge in [-0.1, -0.05) is 11.6 Å². The maximum Gasteiger partial charge on any atom is 0.263 e. The van der Waals surface area contributed by atoms with Crippen LogP contribution in [0, 0.1) is 6.92 Å². The number of nitrogens with zero attached hydrogens (tertiary/aromatic N) is 1. The Labute approximate surface area is 108 Å². The molecule has 1 aromatic carbocycles. The Bertz CT molecular complexity index is 635.